The first kappa shape index (κ1) is 28.3. The smallest absolute Gasteiger partial charge is 0.371 e. The molecule has 2 heterocycles. The van der Waals surface area contributed by atoms with Gasteiger partial charge < -0.3 is 25.7 Å². The highest BCUT2D eigenvalue weighted by Gasteiger charge is 2.24. The molecule has 5 N–H and O–H groups in total. The van der Waals surface area contributed by atoms with E-state index in [4.69, 9.17) is 15.6 Å². The highest BCUT2D eigenvalue weighted by molar-refractivity contribution is 6.03. The summed E-state index contributed by atoms with van der Waals surface area (Å²) in [6, 6.07) is 9.44. The van der Waals surface area contributed by atoms with Crippen LogP contribution < -0.4 is 10.6 Å². The quantitative estimate of drug-likeness (QED) is 0.317. The van der Waals surface area contributed by atoms with Crippen molar-refractivity contribution in [2.24, 2.45) is 0 Å². The first-order valence-corrected chi connectivity index (χ1v) is 12.1. The van der Waals surface area contributed by atoms with Crippen molar-refractivity contribution in [2.75, 3.05) is 5.32 Å². The number of carboxylic acids is 1. The molecule has 2 amide bonds. The molecule has 0 unspecified atom stereocenters. The minimum atomic E-state index is -1.17. The predicted molar refractivity (Wildman–Crippen MR) is 141 cm³/mol. The van der Waals surface area contributed by atoms with Crippen LogP contribution >= 0.6 is 0 Å². The lowest BCUT2D eigenvalue weighted by atomic mass is 9.87. The van der Waals surface area contributed by atoms with E-state index in [2.05, 4.69) is 36.6 Å². The molecule has 1 aromatic carbocycles. The number of anilines is 1. The van der Waals surface area contributed by atoms with Crippen LogP contribution in [0.5, 0.6) is 0 Å². The monoisotopic (exact) mass is 528 g/mol. The fraction of sp³-hybridized carbons (Fsp3) is 0.296. The molecule has 12 nitrogen and oxygen atoms in total. The summed E-state index contributed by atoms with van der Waals surface area (Å²) in [6.07, 6.45) is 8.91. The van der Waals surface area contributed by atoms with E-state index in [0.29, 0.717) is 5.69 Å². The summed E-state index contributed by atoms with van der Waals surface area (Å²) < 4.78 is 0. The lowest BCUT2D eigenvalue weighted by Gasteiger charge is -2.28. The van der Waals surface area contributed by atoms with Crippen LogP contribution in [0.1, 0.15) is 90.2 Å². The number of benzene rings is 1. The summed E-state index contributed by atoms with van der Waals surface area (Å²) in [6.45, 7) is 5.40. The maximum absolute atomic E-state index is 12.6. The Morgan fingerprint density at radius 2 is 1.67 bits per heavy atom. The fourth-order valence-corrected chi connectivity index (χ4v) is 4.06. The highest BCUT2D eigenvalue weighted by Crippen LogP contribution is 2.35. The number of carbonyl (C=O) groups excluding carboxylic acids is 2. The fourth-order valence-electron chi connectivity index (χ4n) is 4.06. The number of nitrogens with one attached hydrogen (secondary N) is 4. The van der Waals surface area contributed by atoms with Gasteiger partial charge in [-0.15, -0.1) is 0 Å². The second kappa shape index (κ2) is 12.3. The van der Waals surface area contributed by atoms with Gasteiger partial charge in [-0.2, -0.15) is 10.5 Å². The second-order valence-corrected chi connectivity index (χ2v) is 9.32. The summed E-state index contributed by atoms with van der Waals surface area (Å²) in [4.78, 5) is 46.7. The number of carboxylic acid groups (broad SMARTS) is 1. The molecule has 0 saturated carbocycles. The largest absolute Gasteiger partial charge is 0.475 e. The van der Waals surface area contributed by atoms with E-state index in [1.54, 1.807) is 6.07 Å². The summed E-state index contributed by atoms with van der Waals surface area (Å²) in [5.41, 5.74) is 3.61. The van der Waals surface area contributed by atoms with Gasteiger partial charge in [-0.25, -0.2) is 14.8 Å². The molecular formula is C27H28N8O4. The number of H-pyrrole nitrogens is 2. The van der Waals surface area contributed by atoms with Gasteiger partial charge in [0, 0.05) is 18.2 Å². The Bertz CT molecular complexity index is 1500. The lowest BCUT2D eigenvalue weighted by molar-refractivity contribution is -0.120. The number of carbonyl (C=O) groups is 3. The summed E-state index contributed by atoms with van der Waals surface area (Å²) in [5, 5.41) is 31.3. The van der Waals surface area contributed by atoms with E-state index >= 15 is 0 Å². The van der Waals surface area contributed by atoms with Gasteiger partial charge >= 0.3 is 5.97 Å². The lowest BCUT2D eigenvalue weighted by Crippen LogP contribution is -2.39. The van der Waals surface area contributed by atoms with Crippen LogP contribution in [-0.2, 0) is 10.3 Å². The van der Waals surface area contributed by atoms with E-state index in [9.17, 15) is 14.4 Å². The molecule has 12 heteroatoms. The number of hydrogen-bond donors (Lipinski definition) is 5. The van der Waals surface area contributed by atoms with E-state index in [-0.39, 0.29) is 28.9 Å². The molecule has 0 fully saturated rings. The minimum absolute atomic E-state index is 0.0905. The third-order valence-corrected chi connectivity index (χ3v) is 5.93. The standard InChI is InChI=1S/C22H25N5O2.C5H3N3O2/c1-14(28)27-22(2,3)16-9-10-19(18(11-16)15-7-5-4-6-8-15)26-21(29)20-24-13-17(12-23)25-20;6-1-3-2-7-4(8-3)5(9)10/h7,9-11,13H,4-6,8H2,1-3H3,(H,24,25)(H,26,29)(H,27,28);2H,(H,7,8)(H,9,10). The Balaban J connectivity index is 0.000000353. The molecular weight excluding hydrogens is 500 g/mol. The number of allylic oxidation sites excluding steroid dienone is 2. The molecule has 1 aliphatic rings. The van der Waals surface area contributed by atoms with Gasteiger partial charge in [0.05, 0.1) is 17.9 Å². The van der Waals surface area contributed by atoms with Crippen molar-refractivity contribution < 1.29 is 19.5 Å². The Morgan fingerprint density at radius 1 is 1.03 bits per heavy atom. The predicted octanol–water partition coefficient (Wildman–Crippen LogP) is 3.84. The first-order chi connectivity index (χ1) is 18.5. The van der Waals surface area contributed by atoms with Crippen molar-refractivity contribution in [1.29, 1.82) is 10.5 Å². The molecule has 0 atom stereocenters. The Kier molecular flexibility index (Phi) is 8.97. The van der Waals surface area contributed by atoms with Crippen LogP contribution in [0.15, 0.2) is 36.7 Å². The van der Waals surface area contributed by atoms with Crippen molar-refractivity contribution in [1.82, 2.24) is 25.3 Å². The van der Waals surface area contributed by atoms with Crippen molar-refractivity contribution in [3.8, 4) is 12.1 Å². The van der Waals surface area contributed by atoms with Crippen LogP contribution in [0.4, 0.5) is 5.69 Å². The maximum atomic E-state index is 12.6. The molecule has 4 rings (SSSR count). The molecule has 39 heavy (non-hydrogen) atoms. The van der Waals surface area contributed by atoms with Gasteiger partial charge in [-0.3, -0.25) is 9.59 Å². The number of aromatic nitrogens is 4. The van der Waals surface area contributed by atoms with Gasteiger partial charge in [0.2, 0.25) is 11.7 Å². The van der Waals surface area contributed by atoms with Crippen LogP contribution in [0.3, 0.4) is 0 Å². The Labute approximate surface area is 224 Å². The summed E-state index contributed by atoms with van der Waals surface area (Å²) in [5.74, 6) is -1.79. The summed E-state index contributed by atoms with van der Waals surface area (Å²) in [7, 11) is 0. The number of rotatable bonds is 6. The average Bonchev–Trinajstić information content (AvgIpc) is 3.59. The molecule has 2 aromatic heterocycles. The number of amides is 2. The minimum Gasteiger partial charge on any atom is -0.475 e. The highest BCUT2D eigenvalue weighted by atomic mass is 16.4. The van der Waals surface area contributed by atoms with Gasteiger partial charge in [0.25, 0.3) is 5.91 Å². The van der Waals surface area contributed by atoms with Crippen molar-refractivity contribution in [3.63, 3.8) is 0 Å². The Hall–Kier alpha value is -5.23. The van der Waals surface area contributed by atoms with Crippen LogP contribution in [0.2, 0.25) is 0 Å². The third-order valence-electron chi connectivity index (χ3n) is 5.93. The van der Waals surface area contributed by atoms with Crippen molar-refractivity contribution >= 4 is 29.0 Å². The second-order valence-electron chi connectivity index (χ2n) is 9.32. The zero-order valence-corrected chi connectivity index (χ0v) is 21.8. The number of hydrogen-bond acceptors (Lipinski definition) is 7. The Morgan fingerprint density at radius 3 is 2.18 bits per heavy atom. The molecule has 3 aromatic rings. The van der Waals surface area contributed by atoms with Crippen molar-refractivity contribution in [3.05, 3.63) is 70.8 Å². The van der Waals surface area contributed by atoms with Gasteiger partial charge in [0.1, 0.15) is 23.5 Å². The number of nitriles is 2. The van der Waals surface area contributed by atoms with Gasteiger partial charge in [-0.1, -0.05) is 12.1 Å². The normalized spacial score (nSPS) is 12.6. The zero-order valence-electron chi connectivity index (χ0n) is 21.8. The molecule has 0 saturated heterocycles. The van der Waals surface area contributed by atoms with E-state index < -0.39 is 17.4 Å². The SMILES string of the molecule is CC(=O)NC(C)(C)c1ccc(NC(=O)c2ncc(C#N)[nH]2)c(C2=CCCCC2)c1.N#Cc1cnc(C(=O)O)[nH]1. The van der Waals surface area contributed by atoms with Gasteiger partial charge in [-0.05, 0) is 62.8 Å². The zero-order chi connectivity index (χ0) is 28.6. The molecule has 0 radical (unpaired) electrons. The number of aromatic carboxylic acids is 1. The number of imidazole rings is 2. The molecule has 1 aliphatic carbocycles. The molecule has 0 bridgehead atoms. The van der Waals surface area contributed by atoms with E-state index in [0.717, 1.165) is 36.8 Å². The molecule has 0 aliphatic heterocycles. The average molecular weight is 529 g/mol. The van der Waals surface area contributed by atoms with Crippen molar-refractivity contribution in [2.45, 2.75) is 52.0 Å². The van der Waals surface area contributed by atoms with Crippen LogP contribution in [0, 0.1) is 22.7 Å². The van der Waals surface area contributed by atoms with Crippen LogP contribution in [-0.4, -0.2) is 42.8 Å². The molecule has 0 spiro atoms. The van der Waals surface area contributed by atoms with E-state index in [1.165, 1.54) is 24.9 Å². The van der Waals surface area contributed by atoms with Crippen LogP contribution in [0.25, 0.3) is 5.57 Å². The van der Waals surface area contributed by atoms with E-state index in [1.807, 2.05) is 38.1 Å². The summed E-state index contributed by atoms with van der Waals surface area (Å²) >= 11 is 0. The topological polar surface area (TPSA) is 200 Å². The third kappa shape index (κ3) is 7.40. The number of aromatic amines is 2. The first-order valence-electron chi connectivity index (χ1n) is 12.1. The molecule has 200 valence electrons. The van der Waals surface area contributed by atoms with Gasteiger partial charge in [0.15, 0.2) is 5.82 Å². The maximum Gasteiger partial charge on any atom is 0.371 e. The number of nitrogens with zero attached hydrogens (tertiary/aromatic N) is 4.